The van der Waals surface area contributed by atoms with E-state index >= 15 is 0 Å². The van der Waals surface area contributed by atoms with Gasteiger partial charge < -0.3 is 33.5 Å². The molecule has 2 aromatic heterocycles. The highest BCUT2D eigenvalue weighted by molar-refractivity contribution is 7.18. The molecule has 0 N–H and O–H groups in total. The zero-order chi connectivity index (χ0) is 15.2. The molecule has 6 heteroatoms. The molecule has 2 rings (SSSR count). The molecule has 2 aromatic rings. The minimum atomic E-state index is 0. The van der Waals surface area contributed by atoms with E-state index in [1.807, 2.05) is 40.0 Å². The number of halogens is 1. The lowest BCUT2D eigenvalue weighted by Gasteiger charge is -1.97. The maximum absolute atomic E-state index is 5.50. The highest BCUT2D eigenvalue weighted by Gasteiger charge is 2.15. The van der Waals surface area contributed by atoms with Crippen LogP contribution in [0.4, 0.5) is 0 Å². The normalized spacial score (nSPS) is 11.7. The first-order chi connectivity index (χ1) is 10.2. The number of nitrogens with zero attached hydrogens (tertiary/aromatic N) is 2. The van der Waals surface area contributed by atoms with E-state index in [0.717, 1.165) is 26.7 Å². The molecule has 0 aliphatic carbocycles. The lowest BCUT2D eigenvalue weighted by molar-refractivity contribution is -0.644. The van der Waals surface area contributed by atoms with Gasteiger partial charge in [-0.15, -0.1) is 0 Å². The second-order valence-electron chi connectivity index (χ2n) is 4.58. The SMILES string of the molecule is CCOC=C(C)C=Cc1sc2cc(OCC)cnc2[n+]1C.[I-]. The van der Waals surface area contributed by atoms with Crippen LogP contribution in [0.2, 0.25) is 0 Å². The first-order valence-electron chi connectivity index (χ1n) is 7.03. The van der Waals surface area contributed by atoms with Gasteiger partial charge in [0.1, 0.15) is 4.70 Å². The molecule has 0 aliphatic heterocycles. The molecule has 0 fully saturated rings. The fourth-order valence-electron chi connectivity index (χ4n) is 1.88. The monoisotopic (exact) mass is 432 g/mol. The molecule has 0 bridgehead atoms. The molecule has 0 aliphatic rings. The molecule has 120 valence electrons. The quantitative estimate of drug-likeness (QED) is 0.288. The van der Waals surface area contributed by atoms with Crippen molar-refractivity contribution in [3.05, 3.63) is 35.2 Å². The largest absolute Gasteiger partial charge is 1.00 e. The maximum Gasteiger partial charge on any atom is 0.341 e. The van der Waals surface area contributed by atoms with Crippen LogP contribution < -0.4 is 33.3 Å². The average Bonchev–Trinajstić information content (AvgIpc) is 2.79. The van der Waals surface area contributed by atoms with Gasteiger partial charge in [-0.05, 0) is 37.4 Å². The van der Waals surface area contributed by atoms with Crippen LogP contribution in [0.1, 0.15) is 25.8 Å². The Morgan fingerprint density at radius 1 is 1.36 bits per heavy atom. The van der Waals surface area contributed by atoms with E-state index in [4.69, 9.17) is 9.47 Å². The first-order valence-corrected chi connectivity index (χ1v) is 7.85. The van der Waals surface area contributed by atoms with Gasteiger partial charge in [0.05, 0.1) is 26.5 Å². The zero-order valence-electron chi connectivity index (χ0n) is 13.3. The Kier molecular flexibility index (Phi) is 7.81. The molecule has 0 spiro atoms. The van der Waals surface area contributed by atoms with Gasteiger partial charge in [-0.2, -0.15) is 0 Å². The molecular formula is C16H21IN2O2S. The van der Waals surface area contributed by atoms with Crippen LogP contribution in [0.3, 0.4) is 0 Å². The van der Waals surface area contributed by atoms with Gasteiger partial charge >= 0.3 is 5.65 Å². The molecular weight excluding hydrogens is 411 g/mol. The van der Waals surface area contributed by atoms with Crippen LogP contribution in [0.15, 0.2) is 30.2 Å². The number of fused-ring (bicyclic) bond motifs is 1. The van der Waals surface area contributed by atoms with Gasteiger partial charge in [0.25, 0.3) is 0 Å². The fourth-order valence-corrected chi connectivity index (χ4v) is 2.92. The Hall–Kier alpha value is -1.15. The third-order valence-corrected chi connectivity index (χ3v) is 4.05. The summed E-state index contributed by atoms with van der Waals surface area (Å²) in [6.45, 7) is 7.30. The number of pyridine rings is 1. The molecule has 22 heavy (non-hydrogen) atoms. The van der Waals surface area contributed by atoms with Crippen molar-refractivity contribution < 1.29 is 38.0 Å². The summed E-state index contributed by atoms with van der Waals surface area (Å²) in [6.07, 6.45) is 7.67. The second-order valence-corrected chi connectivity index (χ2v) is 5.64. The topological polar surface area (TPSA) is 35.2 Å². The van der Waals surface area contributed by atoms with Gasteiger partial charge in [-0.1, -0.05) is 17.4 Å². The summed E-state index contributed by atoms with van der Waals surface area (Å²) in [4.78, 5) is 4.47. The molecule has 0 saturated heterocycles. The highest BCUT2D eigenvalue weighted by Crippen LogP contribution is 2.23. The molecule has 0 radical (unpaired) electrons. The van der Waals surface area contributed by atoms with Crippen LogP contribution in [-0.2, 0) is 11.8 Å². The van der Waals surface area contributed by atoms with E-state index in [0.29, 0.717) is 13.2 Å². The van der Waals surface area contributed by atoms with E-state index in [2.05, 4.69) is 15.6 Å². The molecule has 0 atom stereocenters. The molecule has 2 heterocycles. The molecule has 0 amide bonds. The van der Waals surface area contributed by atoms with Gasteiger partial charge in [-0.3, -0.25) is 0 Å². The number of thiazole rings is 1. The minimum Gasteiger partial charge on any atom is -1.00 e. The average molecular weight is 432 g/mol. The van der Waals surface area contributed by atoms with Gasteiger partial charge in [0.15, 0.2) is 17.0 Å². The third-order valence-electron chi connectivity index (χ3n) is 2.91. The summed E-state index contributed by atoms with van der Waals surface area (Å²) >= 11 is 1.70. The molecule has 0 saturated carbocycles. The van der Waals surface area contributed by atoms with Crippen LogP contribution in [0, 0.1) is 0 Å². The Balaban J connectivity index is 0.00000242. The molecule has 0 unspecified atom stereocenters. The minimum absolute atomic E-state index is 0. The zero-order valence-corrected chi connectivity index (χ0v) is 16.3. The van der Waals surface area contributed by atoms with Crippen molar-refractivity contribution in [3.63, 3.8) is 0 Å². The fraction of sp³-hybridized carbons (Fsp3) is 0.375. The van der Waals surface area contributed by atoms with Crippen molar-refractivity contribution in [2.24, 2.45) is 7.05 Å². The molecule has 4 nitrogen and oxygen atoms in total. The summed E-state index contributed by atoms with van der Waals surface area (Å²) in [5.74, 6) is 0.815. The summed E-state index contributed by atoms with van der Waals surface area (Å²) < 4.78 is 14.0. The number of hydrogen-bond acceptors (Lipinski definition) is 4. The first kappa shape index (κ1) is 18.9. The number of allylic oxidation sites excluding steroid dienone is 2. The second kappa shape index (κ2) is 9.09. The van der Waals surface area contributed by atoms with E-state index < -0.39 is 0 Å². The predicted molar refractivity (Wildman–Crippen MR) is 86.4 cm³/mol. The maximum atomic E-state index is 5.50. The smallest absolute Gasteiger partial charge is 0.341 e. The van der Waals surface area contributed by atoms with Crippen LogP contribution in [0.5, 0.6) is 5.75 Å². The number of hydrogen-bond donors (Lipinski definition) is 0. The van der Waals surface area contributed by atoms with Crippen molar-refractivity contribution in [2.75, 3.05) is 13.2 Å². The van der Waals surface area contributed by atoms with Crippen LogP contribution in [-0.4, -0.2) is 18.2 Å². The van der Waals surface area contributed by atoms with Crippen molar-refractivity contribution in [3.8, 4) is 5.75 Å². The Labute approximate surface area is 152 Å². The summed E-state index contributed by atoms with van der Waals surface area (Å²) in [6, 6.07) is 2.04. The lowest BCUT2D eigenvalue weighted by atomic mass is 10.3. The van der Waals surface area contributed by atoms with E-state index in [1.54, 1.807) is 23.8 Å². The Bertz CT molecular complexity index is 680. The summed E-state index contributed by atoms with van der Waals surface area (Å²) in [7, 11) is 2.02. The number of ether oxygens (including phenoxy) is 2. The van der Waals surface area contributed by atoms with Crippen molar-refractivity contribution in [2.45, 2.75) is 20.8 Å². The van der Waals surface area contributed by atoms with Gasteiger partial charge in [-0.25, -0.2) is 4.57 Å². The highest BCUT2D eigenvalue weighted by atomic mass is 127. The molecule has 0 aromatic carbocycles. The van der Waals surface area contributed by atoms with E-state index in [9.17, 15) is 0 Å². The van der Waals surface area contributed by atoms with Crippen molar-refractivity contribution in [1.82, 2.24) is 4.98 Å². The van der Waals surface area contributed by atoms with Crippen LogP contribution in [0.25, 0.3) is 16.4 Å². The number of aromatic nitrogens is 2. The summed E-state index contributed by atoms with van der Waals surface area (Å²) in [5, 5.41) is 1.13. The number of rotatable bonds is 6. The van der Waals surface area contributed by atoms with Crippen molar-refractivity contribution in [1.29, 1.82) is 0 Å². The van der Waals surface area contributed by atoms with E-state index in [-0.39, 0.29) is 24.0 Å². The van der Waals surface area contributed by atoms with Crippen LogP contribution >= 0.6 is 11.3 Å². The van der Waals surface area contributed by atoms with Gasteiger partial charge in [0, 0.05) is 6.07 Å². The van der Waals surface area contributed by atoms with Gasteiger partial charge in [0.2, 0.25) is 0 Å². The number of aryl methyl sites for hydroxylation is 1. The summed E-state index contributed by atoms with van der Waals surface area (Å²) in [5.41, 5.74) is 2.05. The Morgan fingerprint density at radius 3 is 2.82 bits per heavy atom. The van der Waals surface area contributed by atoms with E-state index in [1.165, 1.54) is 0 Å². The Morgan fingerprint density at radius 2 is 2.14 bits per heavy atom. The lowest BCUT2D eigenvalue weighted by Crippen LogP contribution is -3.00. The predicted octanol–water partition coefficient (Wildman–Crippen LogP) is 0.477. The van der Waals surface area contributed by atoms with Crippen molar-refractivity contribution >= 4 is 27.8 Å². The standard InChI is InChI=1S/C16H21N2O2S.HI/c1-5-19-11-12(3)7-8-15-18(4)16-14(21-15)9-13(10-17-16)20-6-2;/h7-11H,5-6H2,1-4H3;1H/q+1;/p-1. The third kappa shape index (κ3) is 4.67.